The van der Waals surface area contributed by atoms with Gasteiger partial charge in [-0.3, -0.25) is 0 Å². The fourth-order valence-corrected chi connectivity index (χ4v) is 4.15. The van der Waals surface area contributed by atoms with Crippen LogP contribution in [0.3, 0.4) is 0 Å². The maximum absolute atomic E-state index is 12.6. The first kappa shape index (κ1) is 13.4. The summed E-state index contributed by atoms with van der Waals surface area (Å²) in [6, 6.07) is 1.26. The first-order chi connectivity index (χ1) is 9.50. The van der Waals surface area contributed by atoms with Gasteiger partial charge in [0.15, 0.2) is 0 Å². The van der Waals surface area contributed by atoms with E-state index in [1.165, 1.54) is 22.9 Å². The van der Waals surface area contributed by atoms with E-state index in [1.807, 2.05) is 13.8 Å². The van der Waals surface area contributed by atoms with Gasteiger partial charge in [-0.05, 0) is 32.8 Å². The van der Waals surface area contributed by atoms with Crippen molar-refractivity contribution >= 4 is 10.0 Å². The normalized spacial score (nSPS) is 20.6. The highest BCUT2D eigenvalue weighted by Gasteiger charge is 2.38. The highest BCUT2D eigenvalue weighted by molar-refractivity contribution is 7.89. The van der Waals surface area contributed by atoms with E-state index in [-0.39, 0.29) is 10.9 Å². The first-order valence-corrected chi connectivity index (χ1v) is 8.01. The Labute approximate surface area is 117 Å². The average Bonchev–Trinajstić information content (AvgIpc) is 3.10. The zero-order chi connectivity index (χ0) is 14.3. The zero-order valence-corrected chi connectivity index (χ0v) is 12.3. The summed E-state index contributed by atoms with van der Waals surface area (Å²) >= 11 is 0. The van der Waals surface area contributed by atoms with Gasteiger partial charge in [0, 0.05) is 12.2 Å². The van der Waals surface area contributed by atoms with Crippen molar-refractivity contribution in [3.8, 4) is 0 Å². The van der Waals surface area contributed by atoms with Gasteiger partial charge in [-0.15, -0.1) is 0 Å². The third-order valence-electron chi connectivity index (χ3n) is 3.77. The Kier molecular flexibility index (Phi) is 3.18. The molecule has 3 rings (SSSR count). The van der Waals surface area contributed by atoms with E-state index in [0.29, 0.717) is 6.54 Å². The maximum atomic E-state index is 12.6. The number of aryl methyl sites for hydroxylation is 2. The lowest BCUT2D eigenvalue weighted by Crippen LogP contribution is -2.31. The van der Waals surface area contributed by atoms with Gasteiger partial charge >= 0.3 is 0 Å². The Balaban J connectivity index is 1.97. The highest BCUT2D eigenvalue weighted by atomic mass is 32.2. The fraction of sp³-hybridized carbons (Fsp3) is 0.462. The molecule has 2 aromatic heterocycles. The van der Waals surface area contributed by atoms with Gasteiger partial charge in [0.05, 0.1) is 18.0 Å². The van der Waals surface area contributed by atoms with Crippen molar-refractivity contribution in [3.63, 3.8) is 0 Å². The summed E-state index contributed by atoms with van der Waals surface area (Å²) in [6.07, 6.45) is 4.26. The lowest BCUT2D eigenvalue weighted by Gasteiger charge is -2.21. The van der Waals surface area contributed by atoms with E-state index in [4.69, 9.17) is 4.42 Å². The molecule has 1 N–H and O–H groups in total. The molecule has 1 aliphatic heterocycles. The molecule has 0 bridgehead atoms. The van der Waals surface area contributed by atoms with E-state index in [9.17, 15) is 8.42 Å². The molecule has 1 fully saturated rings. The number of aromatic nitrogens is 2. The number of furan rings is 1. The molecule has 1 atom stereocenters. The van der Waals surface area contributed by atoms with Gasteiger partial charge in [-0.1, -0.05) is 0 Å². The molecule has 108 valence electrons. The number of nitrogens with zero attached hydrogens (tertiary/aromatic N) is 2. The van der Waals surface area contributed by atoms with E-state index in [0.717, 1.165) is 30.1 Å². The van der Waals surface area contributed by atoms with Crippen LogP contribution in [0.2, 0.25) is 0 Å². The second-order valence-electron chi connectivity index (χ2n) is 5.07. The van der Waals surface area contributed by atoms with Crippen LogP contribution < -0.4 is 0 Å². The van der Waals surface area contributed by atoms with E-state index in [1.54, 1.807) is 0 Å². The quantitative estimate of drug-likeness (QED) is 0.941. The number of sulfonamides is 1. The predicted octanol–water partition coefficient (Wildman–Crippen LogP) is 2.15. The molecule has 1 aliphatic rings. The molecule has 0 amide bonds. The Morgan fingerprint density at radius 1 is 1.45 bits per heavy atom. The van der Waals surface area contributed by atoms with E-state index >= 15 is 0 Å². The molecule has 0 radical (unpaired) electrons. The van der Waals surface area contributed by atoms with Crippen molar-refractivity contribution in [1.29, 1.82) is 0 Å². The third-order valence-corrected chi connectivity index (χ3v) is 5.65. The van der Waals surface area contributed by atoms with Crippen LogP contribution in [0.5, 0.6) is 0 Å². The van der Waals surface area contributed by atoms with Gasteiger partial charge in [-0.25, -0.2) is 13.4 Å². The summed E-state index contributed by atoms with van der Waals surface area (Å²) in [5, 5.41) is 0. The van der Waals surface area contributed by atoms with Crippen LogP contribution in [-0.2, 0) is 10.0 Å². The summed E-state index contributed by atoms with van der Waals surface area (Å²) in [4.78, 5) is 7.84. The molecule has 1 unspecified atom stereocenters. The summed E-state index contributed by atoms with van der Waals surface area (Å²) in [6.45, 7) is 4.37. The number of aromatic amines is 1. The van der Waals surface area contributed by atoms with Crippen LogP contribution in [0.15, 0.2) is 27.9 Å². The van der Waals surface area contributed by atoms with Crippen LogP contribution >= 0.6 is 0 Å². The zero-order valence-electron chi connectivity index (χ0n) is 11.5. The average molecular weight is 295 g/mol. The Hall–Kier alpha value is -1.60. The SMILES string of the molecule is Cc1nc(C2CCCN2S(=O)(=O)c2ccoc2)[nH]c1C. The van der Waals surface area contributed by atoms with Crippen LogP contribution in [0.1, 0.15) is 36.1 Å². The molecule has 7 heteroatoms. The van der Waals surface area contributed by atoms with Gasteiger partial charge in [0.2, 0.25) is 10.0 Å². The fourth-order valence-electron chi connectivity index (χ4n) is 2.57. The lowest BCUT2D eigenvalue weighted by atomic mass is 10.2. The second kappa shape index (κ2) is 4.75. The molecule has 20 heavy (non-hydrogen) atoms. The lowest BCUT2D eigenvalue weighted by molar-refractivity contribution is 0.384. The van der Waals surface area contributed by atoms with Crippen molar-refractivity contribution in [2.24, 2.45) is 0 Å². The minimum Gasteiger partial charge on any atom is -0.471 e. The number of nitrogens with one attached hydrogen (secondary N) is 1. The van der Waals surface area contributed by atoms with Gasteiger partial charge in [-0.2, -0.15) is 4.31 Å². The molecule has 3 heterocycles. The Morgan fingerprint density at radius 3 is 2.85 bits per heavy atom. The van der Waals surface area contributed by atoms with Crippen LogP contribution in [0, 0.1) is 13.8 Å². The Bertz CT molecular complexity index is 684. The molecule has 6 nitrogen and oxygen atoms in total. The van der Waals surface area contributed by atoms with Gasteiger partial charge in [0.25, 0.3) is 0 Å². The van der Waals surface area contributed by atoms with E-state index in [2.05, 4.69) is 9.97 Å². The van der Waals surface area contributed by atoms with Crippen molar-refractivity contribution in [3.05, 3.63) is 35.8 Å². The molecule has 0 aromatic carbocycles. The second-order valence-corrected chi connectivity index (χ2v) is 6.96. The molecule has 0 aliphatic carbocycles. The Morgan fingerprint density at radius 2 is 2.25 bits per heavy atom. The summed E-state index contributed by atoms with van der Waals surface area (Å²) < 4.78 is 31.6. The summed E-state index contributed by atoms with van der Waals surface area (Å²) in [7, 11) is -3.52. The predicted molar refractivity (Wildman–Crippen MR) is 72.6 cm³/mol. The smallest absolute Gasteiger partial charge is 0.246 e. The molecule has 0 spiro atoms. The van der Waals surface area contributed by atoms with Crippen LogP contribution in [0.25, 0.3) is 0 Å². The van der Waals surface area contributed by atoms with Crippen molar-refractivity contribution in [1.82, 2.24) is 14.3 Å². The van der Waals surface area contributed by atoms with Crippen molar-refractivity contribution < 1.29 is 12.8 Å². The summed E-state index contributed by atoms with van der Waals surface area (Å²) in [5.41, 5.74) is 1.89. The van der Waals surface area contributed by atoms with Crippen LogP contribution in [0.4, 0.5) is 0 Å². The number of imidazole rings is 1. The largest absolute Gasteiger partial charge is 0.471 e. The molecule has 2 aromatic rings. The minimum atomic E-state index is -3.52. The monoisotopic (exact) mass is 295 g/mol. The van der Waals surface area contributed by atoms with Gasteiger partial charge in [0.1, 0.15) is 17.0 Å². The number of hydrogen-bond acceptors (Lipinski definition) is 4. The maximum Gasteiger partial charge on any atom is 0.246 e. The van der Waals surface area contributed by atoms with Crippen LogP contribution in [-0.4, -0.2) is 29.2 Å². The number of rotatable bonds is 3. The number of hydrogen-bond donors (Lipinski definition) is 1. The standard InChI is InChI=1S/C13H17N3O3S/c1-9-10(2)15-13(14-9)12-4-3-6-16(12)20(17,18)11-5-7-19-8-11/h5,7-8,12H,3-4,6H2,1-2H3,(H,14,15). The number of H-pyrrole nitrogens is 1. The molecular weight excluding hydrogens is 278 g/mol. The van der Waals surface area contributed by atoms with Crippen molar-refractivity contribution in [2.75, 3.05) is 6.54 Å². The highest BCUT2D eigenvalue weighted by Crippen LogP contribution is 2.35. The van der Waals surface area contributed by atoms with Crippen molar-refractivity contribution in [2.45, 2.75) is 37.6 Å². The molecule has 1 saturated heterocycles. The topological polar surface area (TPSA) is 79.2 Å². The molecular formula is C13H17N3O3S. The third kappa shape index (κ3) is 2.06. The summed E-state index contributed by atoms with van der Waals surface area (Å²) in [5.74, 6) is 0.726. The van der Waals surface area contributed by atoms with Gasteiger partial charge < -0.3 is 9.40 Å². The first-order valence-electron chi connectivity index (χ1n) is 6.57. The van der Waals surface area contributed by atoms with E-state index < -0.39 is 10.0 Å². The minimum absolute atomic E-state index is 0.199. The molecule has 0 saturated carbocycles.